The summed E-state index contributed by atoms with van der Waals surface area (Å²) in [4.78, 5) is 13.4. The largest absolute Gasteiger partial charge is 0.481 e. The fourth-order valence-electron chi connectivity index (χ4n) is 2.44. The molecule has 1 rings (SSSR count). The predicted molar refractivity (Wildman–Crippen MR) is 65.5 cm³/mol. The second-order valence-electron chi connectivity index (χ2n) is 5.54. The van der Waals surface area contributed by atoms with Gasteiger partial charge < -0.3 is 5.11 Å². The van der Waals surface area contributed by atoms with Gasteiger partial charge in [0, 0.05) is 12.1 Å². The van der Waals surface area contributed by atoms with Gasteiger partial charge in [-0.05, 0) is 39.7 Å². The Hall–Kier alpha value is -0.570. The summed E-state index contributed by atoms with van der Waals surface area (Å²) in [7, 11) is 0. The number of hydrogen-bond donors (Lipinski definition) is 1. The molecule has 0 amide bonds. The minimum Gasteiger partial charge on any atom is -0.481 e. The maximum atomic E-state index is 11.0. The van der Waals surface area contributed by atoms with Gasteiger partial charge in [0.1, 0.15) is 0 Å². The quantitative estimate of drug-likeness (QED) is 0.734. The van der Waals surface area contributed by atoms with Gasteiger partial charge in [-0.25, -0.2) is 0 Å². The van der Waals surface area contributed by atoms with E-state index >= 15 is 0 Å². The molecule has 3 heteroatoms. The maximum absolute atomic E-state index is 11.0. The molecule has 1 N–H and O–H groups in total. The molecule has 0 aromatic heterocycles. The van der Waals surface area contributed by atoms with E-state index in [0.29, 0.717) is 0 Å². The molecular formula is C13H25NO2. The van der Waals surface area contributed by atoms with Crippen LogP contribution in [0, 0.1) is 5.92 Å². The van der Waals surface area contributed by atoms with Crippen molar-refractivity contribution in [3.63, 3.8) is 0 Å². The summed E-state index contributed by atoms with van der Waals surface area (Å²) in [6.07, 6.45) is 5.47. The molecule has 1 fully saturated rings. The zero-order chi connectivity index (χ0) is 12.2. The fourth-order valence-corrected chi connectivity index (χ4v) is 2.44. The number of likely N-dealkylation sites (tertiary alicyclic amines) is 1. The van der Waals surface area contributed by atoms with Gasteiger partial charge >= 0.3 is 5.97 Å². The number of nitrogens with zero attached hydrogens (tertiary/aromatic N) is 1. The lowest BCUT2D eigenvalue weighted by Gasteiger charge is -2.44. The third-order valence-corrected chi connectivity index (χ3v) is 3.78. The highest BCUT2D eigenvalue weighted by atomic mass is 16.4. The lowest BCUT2D eigenvalue weighted by Crippen LogP contribution is -2.52. The smallest absolute Gasteiger partial charge is 0.307 e. The van der Waals surface area contributed by atoms with E-state index in [1.165, 1.54) is 19.3 Å². The first-order valence-electron chi connectivity index (χ1n) is 6.45. The van der Waals surface area contributed by atoms with Gasteiger partial charge in [0.25, 0.3) is 0 Å². The van der Waals surface area contributed by atoms with Crippen LogP contribution < -0.4 is 0 Å². The van der Waals surface area contributed by atoms with Crippen molar-refractivity contribution >= 4 is 5.97 Å². The lowest BCUT2D eigenvalue weighted by atomic mass is 9.84. The zero-order valence-electron chi connectivity index (χ0n) is 10.8. The molecule has 16 heavy (non-hydrogen) atoms. The van der Waals surface area contributed by atoms with Crippen LogP contribution in [0.15, 0.2) is 0 Å². The van der Waals surface area contributed by atoms with Gasteiger partial charge in [-0.3, -0.25) is 9.69 Å². The number of unbranched alkanes of at least 4 members (excludes halogenated alkanes) is 2. The Morgan fingerprint density at radius 2 is 2.12 bits per heavy atom. The van der Waals surface area contributed by atoms with E-state index < -0.39 is 5.97 Å². The molecule has 0 bridgehead atoms. The molecule has 3 nitrogen and oxygen atoms in total. The number of carboxylic acids is 1. The van der Waals surface area contributed by atoms with Gasteiger partial charge in [-0.15, -0.1) is 0 Å². The van der Waals surface area contributed by atoms with E-state index in [0.717, 1.165) is 25.9 Å². The minimum atomic E-state index is -0.629. The van der Waals surface area contributed by atoms with Crippen molar-refractivity contribution in [1.29, 1.82) is 0 Å². The van der Waals surface area contributed by atoms with Crippen LogP contribution in [0.1, 0.15) is 52.9 Å². The van der Waals surface area contributed by atoms with Gasteiger partial charge in [0.05, 0.1) is 5.92 Å². The molecule has 1 aliphatic rings. The van der Waals surface area contributed by atoms with E-state index in [9.17, 15) is 4.79 Å². The van der Waals surface area contributed by atoms with Crippen molar-refractivity contribution < 1.29 is 9.90 Å². The first kappa shape index (κ1) is 13.5. The van der Waals surface area contributed by atoms with Crippen molar-refractivity contribution in [2.45, 2.75) is 58.4 Å². The van der Waals surface area contributed by atoms with Crippen molar-refractivity contribution in [2.75, 3.05) is 13.1 Å². The van der Waals surface area contributed by atoms with Crippen LogP contribution in [0.4, 0.5) is 0 Å². The molecule has 0 aliphatic carbocycles. The third-order valence-electron chi connectivity index (χ3n) is 3.78. The van der Waals surface area contributed by atoms with Crippen molar-refractivity contribution in [1.82, 2.24) is 4.90 Å². The average Bonchev–Trinajstić information content (AvgIpc) is 2.20. The number of hydrogen-bond acceptors (Lipinski definition) is 2. The van der Waals surface area contributed by atoms with Crippen molar-refractivity contribution in [3.8, 4) is 0 Å². The van der Waals surface area contributed by atoms with Crippen LogP contribution in [0.25, 0.3) is 0 Å². The summed E-state index contributed by atoms with van der Waals surface area (Å²) in [5, 5.41) is 9.07. The summed E-state index contributed by atoms with van der Waals surface area (Å²) in [5.41, 5.74) is 0.180. The van der Waals surface area contributed by atoms with Crippen LogP contribution in [0.5, 0.6) is 0 Å². The summed E-state index contributed by atoms with van der Waals surface area (Å²) in [5.74, 6) is -0.786. The summed E-state index contributed by atoms with van der Waals surface area (Å²) in [6.45, 7) is 8.44. The Morgan fingerprint density at radius 3 is 2.69 bits per heavy atom. The van der Waals surface area contributed by atoms with Gasteiger partial charge in [-0.1, -0.05) is 19.8 Å². The maximum Gasteiger partial charge on any atom is 0.307 e. The normalized spacial score (nSPS) is 25.6. The van der Waals surface area contributed by atoms with Crippen molar-refractivity contribution in [3.05, 3.63) is 0 Å². The first-order chi connectivity index (χ1) is 7.47. The highest BCUT2D eigenvalue weighted by molar-refractivity contribution is 5.70. The Labute approximate surface area is 98.8 Å². The number of rotatable bonds is 5. The molecule has 1 heterocycles. The van der Waals surface area contributed by atoms with Gasteiger partial charge in [0.2, 0.25) is 0 Å². The van der Waals surface area contributed by atoms with Crippen molar-refractivity contribution in [2.24, 2.45) is 5.92 Å². The van der Waals surface area contributed by atoms with E-state index in [-0.39, 0.29) is 11.5 Å². The van der Waals surface area contributed by atoms with Crippen LogP contribution >= 0.6 is 0 Å². The molecule has 1 aliphatic heterocycles. The summed E-state index contributed by atoms with van der Waals surface area (Å²) >= 11 is 0. The molecule has 1 unspecified atom stereocenters. The highest BCUT2D eigenvalue weighted by Gasteiger charge is 2.36. The van der Waals surface area contributed by atoms with Crippen LogP contribution in [-0.2, 0) is 4.79 Å². The standard InChI is InChI=1S/C13H25NO2/c1-4-5-6-9-14-10-11(12(15)16)7-8-13(14,2)3/h11H,4-10H2,1-3H3,(H,15,16). The molecule has 0 radical (unpaired) electrons. The lowest BCUT2D eigenvalue weighted by molar-refractivity contribution is -0.145. The van der Waals surface area contributed by atoms with E-state index in [1.54, 1.807) is 0 Å². The molecule has 0 spiro atoms. The van der Waals surface area contributed by atoms with Crippen LogP contribution in [0.3, 0.4) is 0 Å². The molecule has 1 atom stereocenters. The Balaban J connectivity index is 2.51. The molecular weight excluding hydrogens is 202 g/mol. The van der Waals surface area contributed by atoms with Crippen LogP contribution in [0.2, 0.25) is 0 Å². The molecule has 1 saturated heterocycles. The van der Waals surface area contributed by atoms with Gasteiger partial charge in [-0.2, -0.15) is 0 Å². The molecule has 0 aromatic carbocycles. The third kappa shape index (κ3) is 3.48. The zero-order valence-corrected chi connectivity index (χ0v) is 10.8. The Bertz CT molecular complexity index is 238. The minimum absolute atomic E-state index is 0.158. The van der Waals surface area contributed by atoms with E-state index in [4.69, 9.17) is 5.11 Å². The van der Waals surface area contributed by atoms with E-state index in [1.807, 2.05) is 0 Å². The second-order valence-corrected chi connectivity index (χ2v) is 5.54. The molecule has 94 valence electrons. The topological polar surface area (TPSA) is 40.5 Å². The predicted octanol–water partition coefficient (Wildman–Crippen LogP) is 2.75. The Morgan fingerprint density at radius 1 is 1.44 bits per heavy atom. The first-order valence-corrected chi connectivity index (χ1v) is 6.45. The fraction of sp³-hybridized carbons (Fsp3) is 0.923. The average molecular weight is 227 g/mol. The monoisotopic (exact) mass is 227 g/mol. The highest BCUT2D eigenvalue weighted by Crippen LogP contribution is 2.30. The van der Waals surface area contributed by atoms with Gasteiger partial charge in [0.15, 0.2) is 0 Å². The SMILES string of the molecule is CCCCCN1CC(C(=O)O)CCC1(C)C. The molecule has 0 aromatic rings. The molecule has 0 saturated carbocycles. The summed E-state index contributed by atoms with van der Waals surface area (Å²) in [6, 6.07) is 0. The Kier molecular flexibility index (Phi) is 4.78. The number of aliphatic carboxylic acids is 1. The second kappa shape index (κ2) is 5.67. The number of carboxylic acid groups (broad SMARTS) is 1. The number of carbonyl (C=O) groups is 1. The van der Waals surface area contributed by atoms with Crippen LogP contribution in [-0.4, -0.2) is 34.6 Å². The number of piperidine rings is 1. The van der Waals surface area contributed by atoms with E-state index in [2.05, 4.69) is 25.7 Å². The summed E-state index contributed by atoms with van der Waals surface area (Å²) < 4.78 is 0.